The maximum atomic E-state index is 15.2. The van der Waals surface area contributed by atoms with Crippen LogP contribution in [0.1, 0.15) is 45.1 Å². The molecule has 0 aliphatic carbocycles. The summed E-state index contributed by atoms with van der Waals surface area (Å²) in [6, 6.07) is 3.15. The van der Waals surface area contributed by atoms with Crippen molar-refractivity contribution in [1.29, 1.82) is 0 Å². The Hall–Kier alpha value is -2.19. The third-order valence-electron chi connectivity index (χ3n) is 6.75. The summed E-state index contributed by atoms with van der Waals surface area (Å²) in [5.41, 5.74) is 1.56. The van der Waals surface area contributed by atoms with Gasteiger partial charge in [-0.1, -0.05) is 20.8 Å². The molecule has 4 rings (SSSR count). The maximum Gasteiger partial charge on any atom is 0.234 e. The molecule has 6 nitrogen and oxygen atoms in total. The third-order valence-corrected chi connectivity index (χ3v) is 11.3. The number of hydrogen-bond acceptors (Lipinski definition) is 5. The number of furan rings is 1. The van der Waals surface area contributed by atoms with Gasteiger partial charge >= 0.3 is 0 Å². The van der Waals surface area contributed by atoms with Gasteiger partial charge in [0.15, 0.2) is 13.9 Å². The molecule has 3 heterocycles. The van der Waals surface area contributed by atoms with Crippen molar-refractivity contribution in [3.8, 4) is 0 Å². The van der Waals surface area contributed by atoms with Crippen LogP contribution in [-0.4, -0.2) is 39.3 Å². The number of imide groups is 1. The number of amides is 2. The molecule has 162 valence electrons. The SMILES string of the molecule is CC(C)(C)[Si](C)(C)OC1CN(c2cc(F)c(C3CCC(=O)NC3=O)c3ccoc23)C1. The summed E-state index contributed by atoms with van der Waals surface area (Å²) in [7, 11) is -1.86. The second kappa shape index (κ2) is 7.20. The number of nitrogens with zero attached hydrogens (tertiary/aromatic N) is 1. The Morgan fingerprint density at radius 2 is 1.97 bits per heavy atom. The van der Waals surface area contributed by atoms with Crippen LogP contribution in [-0.2, 0) is 14.0 Å². The lowest BCUT2D eigenvalue weighted by Gasteiger charge is -2.47. The summed E-state index contributed by atoms with van der Waals surface area (Å²) in [5.74, 6) is -1.90. The van der Waals surface area contributed by atoms with E-state index in [-0.39, 0.29) is 23.5 Å². The molecule has 2 aromatic rings. The molecule has 1 N–H and O–H groups in total. The number of halogens is 1. The Morgan fingerprint density at radius 3 is 2.60 bits per heavy atom. The lowest BCUT2D eigenvalue weighted by atomic mass is 9.87. The minimum atomic E-state index is -1.86. The van der Waals surface area contributed by atoms with Gasteiger partial charge in [0.05, 0.1) is 24.0 Å². The molecule has 8 heteroatoms. The molecule has 2 amide bonds. The summed E-state index contributed by atoms with van der Waals surface area (Å²) in [5, 5.41) is 3.04. The fourth-order valence-corrected chi connectivity index (χ4v) is 5.31. The molecule has 30 heavy (non-hydrogen) atoms. The zero-order valence-corrected chi connectivity index (χ0v) is 19.2. The molecule has 0 saturated carbocycles. The van der Waals surface area contributed by atoms with Crippen molar-refractivity contribution in [1.82, 2.24) is 5.32 Å². The minimum Gasteiger partial charge on any atom is -0.462 e. The molecule has 1 atom stereocenters. The van der Waals surface area contributed by atoms with Gasteiger partial charge in [0.2, 0.25) is 11.8 Å². The van der Waals surface area contributed by atoms with Crippen LogP contribution in [0.25, 0.3) is 11.0 Å². The fraction of sp³-hybridized carbons (Fsp3) is 0.545. The number of fused-ring (bicyclic) bond motifs is 1. The van der Waals surface area contributed by atoms with E-state index in [0.29, 0.717) is 41.7 Å². The minimum absolute atomic E-state index is 0.119. The Labute approximate surface area is 176 Å². The number of hydrogen-bond donors (Lipinski definition) is 1. The number of nitrogens with one attached hydrogen (secondary N) is 1. The Kier molecular flexibility index (Phi) is 5.05. The van der Waals surface area contributed by atoms with Crippen LogP contribution in [0, 0.1) is 5.82 Å². The van der Waals surface area contributed by atoms with Crippen LogP contribution in [0.3, 0.4) is 0 Å². The number of piperidine rings is 1. The van der Waals surface area contributed by atoms with Gasteiger partial charge in [-0.25, -0.2) is 4.39 Å². The molecule has 0 radical (unpaired) electrons. The van der Waals surface area contributed by atoms with Gasteiger partial charge in [-0.05, 0) is 30.6 Å². The number of benzene rings is 1. The number of rotatable bonds is 4. The van der Waals surface area contributed by atoms with Gasteiger partial charge in [0, 0.05) is 36.5 Å². The average molecular weight is 433 g/mol. The number of anilines is 1. The normalized spacial score (nSPS) is 21.1. The van der Waals surface area contributed by atoms with Crippen molar-refractivity contribution in [3.05, 3.63) is 29.8 Å². The van der Waals surface area contributed by atoms with Crippen molar-refractivity contribution in [2.24, 2.45) is 0 Å². The van der Waals surface area contributed by atoms with Crippen LogP contribution in [0.15, 0.2) is 22.8 Å². The van der Waals surface area contributed by atoms with Crippen molar-refractivity contribution in [2.75, 3.05) is 18.0 Å². The lowest BCUT2D eigenvalue weighted by Crippen LogP contribution is -2.58. The molecule has 0 bridgehead atoms. The van der Waals surface area contributed by atoms with Gasteiger partial charge < -0.3 is 13.7 Å². The first-order valence-corrected chi connectivity index (χ1v) is 13.3. The molecular weight excluding hydrogens is 403 g/mol. The van der Waals surface area contributed by atoms with E-state index in [2.05, 4.69) is 44.1 Å². The molecule has 2 aliphatic heterocycles. The van der Waals surface area contributed by atoms with E-state index >= 15 is 4.39 Å². The first-order chi connectivity index (χ1) is 14.0. The number of carbonyl (C=O) groups is 2. The van der Waals surface area contributed by atoms with Crippen LogP contribution >= 0.6 is 0 Å². The second-order valence-corrected chi connectivity index (χ2v) is 14.6. The van der Waals surface area contributed by atoms with E-state index in [4.69, 9.17) is 8.84 Å². The van der Waals surface area contributed by atoms with Crippen molar-refractivity contribution >= 4 is 36.8 Å². The third kappa shape index (κ3) is 3.56. The second-order valence-electron chi connectivity index (χ2n) is 9.86. The van der Waals surface area contributed by atoms with Gasteiger partial charge in [0.1, 0.15) is 5.82 Å². The van der Waals surface area contributed by atoms with Gasteiger partial charge in [-0.15, -0.1) is 0 Å². The summed E-state index contributed by atoms with van der Waals surface area (Å²) in [4.78, 5) is 25.8. The van der Waals surface area contributed by atoms with Crippen LogP contribution in [0.5, 0.6) is 0 Å². The van der Waals surface area contributed by atoms with E-state index in [1.165, 1.54) is 12.3 Å². The van der Waals surface area contributed by atoms with Crippen LogP contribution in [0.2, 0.25) is 18.1 Å². The molecule has 2 saturated heterocycles. The zero-order chi connectivity index (χ0) is 21.8. The van der Waals surface area contributed by atoms with Crippen molar-refractivity contribution in [2.45, 2.75) is 63.8 Å². The van der Waals surface area contributed by atoms with Crippen molar-refractivity contribution in [3.63, 3.8) is 0 Å². The Bertz CT molecular complexity index is 1000. The first kappa shape index (κ1) is 21.1. The fourth-order valence-electron chi connectivity index (χ4n) is 3.97. The summed E-state index contributed by atoms with van der Waals surface area (Å²) >= 11 is 0. The highest BCUT2D eigenvalue weighted by Gasteiger charge is 2.42. The first-order valence-electron chi connectivity index (χ1n) is 10.4. The average Bonchev–Trinajstić information content (AvgIpc) is 3.07. The Balaban J connectivity index is 1.57. The quantitative estimate of drug-likeness (QED) is 0.576. The van der Waals surface area contributed by atoms with Gasteiger partial charge in [0.25, 0.3) is 0 Å². The van der Waals surface area contributed by atoms with Crippen LogP contribution in [0.4, 0.5) is 10.1 Å². The monoisotopic (exact) mass is 432 g/mol. The molecule has 2 fully saturated rings. The van der Waals surface area contributed by atoms with Crippen LogP contribution < -0.4 is 10.2 Å². The van der Waals surface area contributed by atoms with E-state index < -0.39 is 26.0 Å². The smallest absolute Gasteiger partial charge is 0.234 e. The number of carbonyl (C=O) groups excluding carboxylic acids is 2. The van der Waals surface area contributed by atoms with Crippen molar-refractivity contribution < 1.29 is 22.8 Å². The summed E-state index contributed by atoms with van der Waals surface area (Å²) in [6.45, 7) is 12.5. The highest BCUT2D eigenvalue weighted by Crippen LogP contribution is 2.42. The standard InChI is InChI=1S/C22H29FN2O4Si/c1-22(2,3)30(4,5)29-13-11-25(12-13)17-10-16(23)19(14-8-9-28-20(14)17)15-6-7-18(26)24-21(15)27/h8-10,13,15H,6-7,11-12H2,1-5H3,(H,24,26,27). The van der Waals surface area contributed by atoms with Gasteiger partial charge in [-0.2, -0.15) is 0 Å². The topological polar surface area (TPSA) is 71.8 Å². The summed E-state index contributed by atoms with van der Waals surface area (Å²) in [6.07, 6.45) is 2.14. The van der Waals surface area contributed by atoms with E-state index in [0.717, 1.165) is 0 Å². The largest absolute Gasteiger partial charge is 0.462 e. The lowest BCUT2D eigenvalue weighted by molar-refractivity contribution is -0.134. The molecule has 1 aromatic heterocycles. The predicted octanol–water partition coefficient (Wildman–Crippen LogP) is 4.30. The highest BCUT2D eigenvalue weighted by atomic mass is 28.4. The molecular formula is C22H29FN2O4Si. The molecule has 1 aromatic carbocycles. The molecule has 0 spiro atoms. The van der Waals surface area contributed by atoms with Gasteiger partial charge in [-0.3, -0.25) is 14.9 Å². The zero-order valence-electron chi connectivity index (χ0n) is 18.2. The Morgan fingerprint density at radius 1 is 1.27 bits per heavy atom. The molecule has 2 aliphatic rings. The maximum absolute atomic E-state index is 15.2. The molecule has 1 unspecified atom stereocenters. The predicted molar refractivity (Wildman–Crippen MR) is 116 cm³/mol. The van der Waals surface area contributed by atoms with E-state index in [9.17, 15) is 9.59 Å². The summed E-state index contributed by atoms with van der Waals surface area (Å²) < 4.78 is 27.3. The van der Waals surface area contributed by atoms with E-state index in [1.807, 2.05) is 0 Å². The highest BCUT2D eigenvalue weighted by molar-refractivity contribution is 6.74. The van der Waals surface area contributed by atoms with E-state index in [1.54, 1.807) is 6.07 Å².